The van der Waals surface area contributed by atoms with Crippen LogP contribution in [-0.4, -0.2) is 67.1 Å². The topological polar surface area (TPSA) is 82.2 Å². The molecule has 3 heterocycles. The van der Waals surface area contributed by atoms with Crippen LogP contribution in [-0.2, 0) is 16.6 Å². The maximum Gasteiger partial charge on any atom is 0.281 e. The second kappa shape index (κ2) is 7.87. The summed E-state index contributed by atoms with van der Waals surface area (Å²) in [5, 5.41) is 1.70. The minimum absolute atomic E-state index is 0.538. The first-order chi connectivity index (χ1) is 13.0. The molecule has 0 aliphatic carbocycles. The third-order valence-corrected chi connectivity index (χ3v) is 7.94. The molecule has 2 fully saturated rings. The van der Waals surface area contributed by atoms with E-state index < -0.39 is 10.2 Å². The van der Waals surface area contributed by atoms with Gasteiger partial charge < -0.3 is 0 Å². The van der Waals surface area contributed by atoms with Gasteiger partial charge in [0.25, 0.3) is 10.2 Å². The highest BCUT2D eigenvalue weighted by molar-refractivity contribution is 7.86. The molecule has 0 bridgehead atoms. The van der Waals surface area contributed by atoms with Crippen LogP contribution in [0, 0.1) is 5.92 Å². The minimum Gasteiger partial charge on any atom is -0.293 e. The Morgan fingerprint density at radius 3 is 2.19 bits per heavy atom. The third-order valence-electron chi connectivity index (χ3n) is 5.90. The van der Waals surface area contributed by atoms with Crippen molar-refractivity contribution in [2.45, 2.75) is 32.1 Å². The normalized spacial score (nSPS) is 23.1. The van der Waals surface area contributed by atoms with Crippen molar-refractivity contribution in [3.63, 3.8) is 0 Å². The average Bonchev–Trinajstić information content (AvgIpc) is 3.35. The van der Waals surface area contributed by atoms with Crippen LogP contribution in [0.4, 0.5) is 0 Å². The van der Waals surface area contributed by atoms with Gasteiger partial charge in [0.1, 0.15) is 5.84 Å². The van der Waals surface area contributed by atoms with Crippen LogP contribution < -0.4 is 5.84 Å². The van der Waals surface area contributed by atoms with E-state index in [-0.39, 0.29) is 0 Å². The lowest BCUT2D eigenvalue weighted by atomic mass is 9.90. The number of hydrazine groups is 1. The molecule has 3 aliphatic rings. The Hall–Kier alpha value is -1.48. The fourth-order valence-electron chi connectivity index (χ4n) is 4.27. The molecule has 27 heavy (non-hydrogen) atoms. The second-order valence-electron chi connectivity index (χ2n) is 7.76. The van der Waals surface area contributed by atoms with E-state index in [1.165, 1.54) is 5.56 Å². The van der Waals surface area contributed by atoms with Gasteiger partial charge in [-0.1, -0.05) is 24.3 Å². The summed E-state index contributed by atoms with van der Waals surface area (Å²) in [5.74, 6) is 7.34. The van der Waals surface area contributed by atoms with Crippen molar-refractivity contribution in [2.24, 2.45) is 16.8 Å². The number of aliphatic imine (C=N–C) groups is 1. The van der Waals surface area contributed by atoms with Gasteiger partial charge in [0.15, 0.2) is 0 Å². The quantitative estimate of drug-likeness (QED) is 0.765. The summed E-state index contributed by atoms with van der Waals surface area (Å²) >= 11 is 0. The van der Waals surface area contributed by atoms with Crippen LogP contribution in [0.1, 0.15) is 36.8 Å². The van der Waals surface area contributed by atoms with E-state index in [2.05, 4.69) is 29.3 Å². The summed E-state index contributed by atoms with van der Waals surface area (Å²) in [5.41, 5.74) is 2.35. The Morgan fingerprint density at radius 1 is 0.963 bits per heavy atom. The fraction of sp³-hybridized carbons (Fsp3) is 0.632. The predicted molar refractivity (Wildman–Crippen MR) is 106 cm³/mol. The summed E-state index contributed by atoms with van der Waals surface area (Å²) in [6.07, 6.45) is 4.83. The van der Waals surface area contributed by atoms with Crippen LogP contribution in [0.15, 0.2) is 29.3 Å². The van der Waals surface area contributed by atoms with Crippen molar-refractivity contribution in [1.29, 1.82) is 0 Å². The van der Waals surface area contributed by atoms with Crippen LogP contribution in [0.25, 0.3) is 0 Å². The lowest BCUT2D eigenvalue weighted by Crippen LogP contribution is -2.46. The van der Waals surface area contributed by atoms with Gasteiger partial charge in [-0.25, -0.2) is 5.84 Å². The molecule has 0 aromatic heterocycles. The molecular formula is C19H29N5O2S. The molecule has 3 aliphatic heterocycles. The molecular weight excluding hydrogens is 362 g/mol. The molecule has 2 saturated heterocycles. The molecule has 2 N–H and O–H groups in total. The Morgan fingerprint density at radius 2 is 1.59 bits per heavy atom. The van der Waals surface area contributed by atoms with E-state index >= 15 is 0 Å². The number of nitrogens with zero attached hydrogens (tertiary/aromatic N) is 4. The summed E-state index contributed by atoms with van der Waals surface area (Å²) in [6.45, 7) is 4.17. The second-order valence-corrected chi connectivity index (χ2v) is 9.68. The van der Waals surface area contributed by atoms with Crippen molar-refractivity contribution >= 4 is 16.0 Å². The van der Waals surface area contributed by atoms with Crippen LogP contribution >= 0.6 is 0 Å². The van der Waals surface area contributed by atoms with Gasteiger partial charge in [-0.05, 0) is 43.6 Å². The molecule has 148 valence electrons. The van der Waals surface area contributed by atoms with Gasteiger partial charge >= 0.3 is 0 Å². The minimum atomic E-state index is -3.24. The molecule has 0 spiro atoms. The van der Waals surface area contributed by atoms with Gasteiger partial charge in [0, 0.05) is 31.7 Å². The van der Waals surface area contributed by atoms with E-state index in [9.17, 15) is 8.42 Å². The highest BCUT2D eigenvalue weighted by atomic mass is 32.2. The van der Waals surface area contributed by atoms with Crippen molar-refractivity contribution in [3.8, 4) is 0 Å². The molecule has 0 amide bonds. The number of amidine groups is 1. The largest absolute Gasteiger partial charge is 0.293 e. The number of nitrogens with two attached hydrogens (primary N) is 1. The summed E-state index contributed by atoms with van der Waals surface area (Å²) in [6, 6.07) is 8.48. The summed E-state index contributed by atoms with van der Waals surface area (Å²) in [4.78, 5) is 4.45. The van der Waals surface area contributed by atoms with Gasteiger partial charge in [0.2, 0.25) is 0 Å². The highest BCUT2D eigenvalue weighted by Crippen LogP contribution is 2.26. The molecule has 1 aromatic carbocycles. The molecule has 0 saturated carbocycles. The Balaban J connectivity index is 1.31. The van der Waals surface area contributed by atoms with Crippen molar-refractivity contribution in [1.82, 2.24) is 13.6 Å². The smallest absolute Gasteiger partial charge is 0.281 e. The average molecular weight is 392 g/mol. The molecule has 0 unspecified atom stereocenters. The van der Waals surface area contributed by atoms with Gasteiger partial charge in [-0.15, -0.1) is 0 Å². The SMILES string of the molecule is NN1CCN=C1c1ccc(CC2CCN(S(=O)(=O)N3CCCC3)CC2)cc1. The Bertz CT molecular complexity index is 779. The van der Waals surface area contributed by atoms with Gasteiger partial charge in [-0.3, -0.25) is 10.0 Å². The van der Waals surface area contributed by atoms with Crippen molar-refractivity contribution < 1.29 is 8.42 Å². The maximum absolute atomic E-state index is 12.7. The van der Waals surface area contributed by atoms with Crippen LogP contribution in [0.3, 0.4) is 0 Å². The van der Waals surface area contributed by atoms with E-state index in [0.29, 0.717) is 32.1 Å². The Kier molecular flexibility index (Phi) is 5.50. The summed E-state index contributed by atoms with van der Waals surface area (Å²) < 4.78 is 28.7. The lowest BCUT2D eigenvalue weighted by Gasteiger charge is -2.33. The van der Waals surface area contributed by atoms with Crippen molar-refractivity contribution in [2.75, 3.05) is 39.3 Å². The van der Waals surface area contributed by atoms with E-state index in [4.69, 9.17) is 5.84 Å². The Labute approximate surface area is 162 Å². The number of hydrogen-bond donors (Lipinski definition) is 1. The maximum atomic E-state index is 12.7. The first-order valence-corrected chi connectivity index (χ1v) is 11.3. The van der Waals surface area contributed by atoms with Crippen molar-refractivity contribution in [3.05, 3.63) is 35.4 Å². The monoisotopic (exact) mass is 391 g/mol. The number of piperidine rings is 1. The fourth-order valence-corrected chi connectivity index (χ4v) is 5.99. The van der Waals surface area contributed by atoms with Crippen LogP contribution in [0.5, 0.6) is 0 Å². The lowest BCUT2D eigenvalue weighted by molar-refractivity contribution is 0.258. The molecule has 4 rings (SSSR count). The first kappa shape index (κ1) is 18.9. The molecule has 0 atom stereocenters. The molecule has 8 heteroatoms. The number of hydrogen-bond acceptors (Lipinski definition) is 5. The molecule has 0 radical (unpaired) electrons. The van der Waals surface area contributed by atoms with E-state index in [1.807, 2.05) is 0 Å². The predicted octanol–water partition coefficient (Wildman–Crippen LogP) is 1.22. The highest BCUT2D eigenvalue weighted by Gasteiger charge is 2.34. The van der Waals surface area contributed by atoms with E-state index in [0.717, 1.165) is 56.6 Å². The van der Waals surface area contributed by atoms with E-state index in [1.54, 1.807) is 13.6 Å². The summed E-state index contributed by atoms with van der Waals surface area (Å²) in [7, 11) is -3.24. The van der Waals surface area contributed by atoms with Crippen LogP contribution in [0.2, 0.25) is 0 Å². The molecule has 7 nitrogen and oxygen atoms in total. The third kappa shape index (κ3) is 4.03. The zero-order valence-corrected chi connectivity index (χ0v) is 16.6. The molecule has 1 aromatic rings. The van der Waals surface area contributed by atoms with Gasteiger partial charge in [-0.2, -0.15) is 17.0 Å². The standard InChI is InChI=1S/C19H29N5O2S/c20-24-14-9-21-19(24)18-5-3-16(4-6-18)15-17-7-12-23(13-8-17)27(25,26)22-10-1-2-11-22/h3-6,17H,1-2,7-15,20H2. The zero-order valence-electron chi connectivity index (χ0n) is 15.8. The van der Waals surface area contributed by atoms with Gasteiger partial charge in [0.05, 0.1) is 13.1 Å². The first-order valence-electron chi connectivity index (χ1n) is 9.95. The number of benzene rings is 1. The number of rotatable bonds is 5. The zero-order chi connectivity index (χ0) is 18.9.